The molecule has 0 atom stereocenters. The molecular weight excluding hydrogens is 124 g/mol. The van der Waals surface area contributed by atoms with Crippen LogP contribution in [0.3, 0.4) is 0 Å². The van der Waals surface area contributed by atoms with Crippen molar-refractivity contribution in [1.29, 1.82) is 0 Å². The minimum Gasteiger partial charge on any atom is -0.508 e. The summed E-state index contributed by atoms with van der Waals surface area (Å²) in [6.45, 7) is 3.94. The van der Waals surface area contributed by atoms with Gasteiger partial charge in [-0.3, -0.25) is 0 Å². The first-order chi connectivity index (χ1) is 4.81. The van der Waals surface area contributed by atoms with Crippen LogP contribution >= 0.6 is 0 Å². The molecule has 0 amide bonds. The normalized spacial score (nSPS) is 13.6. The molecule has 0 saturated heterocycles. The zero-order chi connectivity index (χ0) is 7.82. The summed E-state index contributed by atoms with van der Waals surface area (Å²) in [6.07, 6.45) is 9.89. The third kappa shape index (κ3) is 5.16. The quantitative estimate of drug-likeness (QED) is 0.469. The Labute approximate surface area is 62.4 Å². The van der Waals surface area contributed by atoms with E-state index in [1.807, 2.05) is 26.0 Å². The number of aliphatic hydroxyl groups is 1. The maximum absolute atomic E-state index is 9.03. The van der Waals surface area contributed by atoms with Gasteiger partial charge in [-0.15, -0.1) is 0 Å². The monoisotopic (exact) mass is 138 g/mol. The minimum absolute atomic E-state index is 0.306. The third-order valence-corrected chi connectivity index (χ3v) is 0.984. The minimum atomic E-state index is 0.306. The topological polar surface area (TPSA) is 20.2 Å². The molecule has 0 aliphatic heterocycles. The fraction of sp³-hybridized carbons (Fsp3) is 0.333. The molecule has 0 saturated carbocycles. The number of aliphatic hydroxyl groups excluding tert-OH is 1. The first kappa shape index (κ1) is 9.02. The zero-order valence-electron chi connectivity index (χ0n) is 6.54. The Morgan fingerprint density at radius 2 is 2.20 bits per heavy atom. The van der Waals surface area contributed by atoms with Crippen molar-refractivity contribution in [1.82, 2.24) is 0 Å². The van der Waals surface area contributed by atoms with Crippen LogP contribution in [0.25, 0.3) is 0 Å². The SMILES string of the molecule is C/C=C\C=C(\O)C=CCC. The van der Waals surface area contributed by atoms with E-state index in [0.29, 0.717) is 5.76 Å². The van der Waals surface area contributed by atoms with Crippen molar-refractivity contribution in [2.75, 3.05) is 0 Å². The zero-order valence-corrected chi connectivity index (χ0v) is 6.54. The number of allylic oxidation sites excluding steroid dienone is 5. The van der Waals surface area contributed by atoms with Crippen molar-refractivity contribution >= 4 is 0 Å². The van der Waals surface area contributed by atoms with E-state index in [1.54, 1.807) is 18.2 Å². The van der Waals surface area contributed by atoms with Crippen molar-refractivity contribution in [3.8, 4) is 0 Å². The van der Waals surface area contributed by atoms with Gasteiger partial charge in [0.15, 0.2) is 0 Å². The number of hydrogen-bond donors (Lipinski definition) is 1. The summed E-state index contributed by atoms with van der Waals surface area (Å²) in [4.78, 5) is 0. The molecule has 10 heavy (non-hydrogen) atoms. The van der Waals surface area contributed by atoms with Crippen LogP contribution in [0.15, 0.2) is 36.1 Å². The Hall–Kier alpha value is -0.980. The second-order valence-electron chi connectivity index (χ2n) is 1.93. The highest BCUT2D eigenvalue weighted by molar-refractivity contribution is 5.16. The predicted molar refractivity (Wildman–Crippen MR) is 45.0 cm³/mol. The summed E-state index contributed by atoms with van der Waals surface area (Å²) >= 11 is 0. The summed E-state index contributed by atoms with van der Waals surface area (Å²) in [5, 5.41) is 9.03. The van der Waals surface area contributed by atoms with Gasteiger partial charge in [0, 0.05) is 0 Å². The Morgan fingerprint density at radius 3 is 2.70 bits per heavy atom. The Kier molecular flexibility index (Phi) is 5.54. The lowest BCUT2D eigenvalue weighted by molar-refractivity contribution is 0.432. The van der Waals surface area contributed by atoms with Crippen LogP contribution in [0.5, 0.6) is 0 Å². The summed E-state index contributed by atoms with van der Waals surface area (Å²) < 4.78 is 0. The fourth-order valence-corrected chi connectivity index (χ4v) is 0.489. The maximum atomic E-state index is 9.03. The molecule has 56 valence electrons. The molecular formula is C9H14O. The molecule has 0 heterocycles. The van der Waals surface area contributed by atoms with Gasteiger partial charge < -0.3 is 5.11 Å². The van der Waals surface area contributed by atoms with E-state index in [2.05, 4.69) is 0 Å². The molecule has 1 N–H and O–H groups in total. The van der Waals surface area contributed by atoms with Crippen LogP contribution < -0.4 is 0 Å². The van der Waals surface area contributed by atoms with Gasteiger partial charge in [0.25, 0.3) is 0 Å². The highest BCUT2D eigenvalue weighted by atomic mass is 16.3. The average molecular weight is 138 g/mol. The van der Waals surface area contributed by atoms with E-state index >= 15 is 0 Å². The molecule has 0 rings (SSSR count). The van der Waals surface area contributed by atoms with E-state index in [1.165, 1.54) is 0 Å². The highest BCUT2D eigenvalue weighted by Gasteiger charge is 1.77. The molecule has 0 fully saturated rings. The Morgan fingerprint density at radius 1 is 1.50 bits per heavy atom. The van der Waals surface area contributed by atoms with E-state index in [-0.39, 0.29) is 0 Å². The summed E-state index contributed by atoms with van der Waals surface area (Å²) in [7, 11) is 0. The van der Waals surface area contributed by atoms with Gasteiger partial charge in [0.2, 0.25) is 0 Å². The summed E-state index contributed by atoms with van der Waals surface area (Å²) in [5.41, 5.74) is 0. The first-order valence-corrected chi connectivity index (χ1v) is 3.49. The molecule has 0 aliphatic rings. The van der Waals surface area contributed by atoms with Crippen LogP contribution in [-0.2, 0) is 0 Å². The fourth-order valence-electron chi connectivity index (χ4n) is 0.489. The van der Waals surface area contributed by atoms with Crippen molar-refractivity contribution in [2.24, 2.45) is 0 Å². The van der Waals surface area contributed by atoms with Crippen molar-refractivity contribution < 1.29 is 5.11 Å². The van der Waals surface area contributed by atoms with Gasteiger partial charge in [0.1, 0.15) is 5.76 Å². The second-order valence-corrected chi connectivity index (χ2v) is 1.93. The molecule has 0 spiro atoms. The molecule has 1 nitrogen and oxygen atoms in total. The molecule has 0 radical (unpaired) electrons. The van der Waals surface area contributed by atoms with Crippen LogP contribution in [-0.4, -0.2) is 5.11 Å². The standard InChI is InChI=1S/C9H14O/c1-3-5-7-9(10)8-6-4-2/h3,5-8,10H,4H2,1-2H3/b5-3-,8-6?,9-7+. The van der Waals surface area contributed by atoms with Crippen LogP contribution in [0, 0.1) is 0 Å². The summed E-state index contributed by atoms with van der Waals surface area (Å²) in [6, 6.07) is 0. The van der Waals surface area contributed by atoms with Crippen molar-refractivity contribution in [3.63, 3.8) is 0 Å². The van der Waals surface area contributed by atoms with Crippen LogP contribution in [0.4, 0.5) is 0 Å². The van der Waals surface area contributed by atoms with Gasteiger partial charge in [-0.05, 0) is 25.5 Å². The highest BCUT2D eigenvalue weighted by Crippen LogP contribution is 1.92. The van der Waals surface area contributed by atoms with E-state index in [4.69, 9.17) is 5.11 Å². The molecule has 0 unspecified atom stereocenters. The van der Waals surface area contributed by atoms with Crippen LogP contribution in [0.2, 0.25) is 0 Å². The average Bonchev–Trinajstić information content (AvgIpc) is 1.97. The lowest BCUT2D eigenvalue weighted by Crippen LogP contribution is -1.70. The molecule has 1 heteroatoms. The molecule has 0 aromatic rings. The van der Waals surface area contributed by atoms with E-state index < -0.39 is 0 Å². The summed E-state index contributed by atoms with van der Waals surface area (Å²) in [5.74, 6) is 0.306. The first-order valence-electron chi connectivity index (χ1n) is 3.49. The Balaban J connectivity index is 3.81. The van der Waals surface area contributed by atoms with Gasteiger partial charge in [-0.2, -0.15) is 0 Å². The van der Waals surface area contributed by atoms with Crippen LogP contribution in [0.1, 0.15) is 20.3 Å². The van der Waals surface area contributed by atoms with E-state index in [9.17, 15) is 0 Å². The smallest absolute Gasteiger partial charge is 0.115 e. The predicted octanol–water partition coefficient (Wildman–Crippen LogP) is 2.97. The van der Waals surface area contributed by atoms with Gasteiger partial charge in [-0.1, -0.05) is 25.2 Å². The second kappa shape index (κ2) is 6.14. The van der Waals surface area contributed by atoms with Gasteiger partial charge >= 0.3 is 0 Å². The lowest BCUT2D eigenvalue weighted by Gasteiger charge is -1.85. The molecule has 0 aliphatic carbocycles. The third-order valence-electron chi connectivity index (χ3n) is 0.984. The van der Waals surface area contributed by atoms with Gasteiger partial charge in [-0.25, -0.2) is 0 Å². The number of rotatable bonds is 3. The largest absolute Gasteiger partial charge is 0.508 e. The maximum Gasteiger partial charge on any atom is 0.115 e. The van der Waals surface area contributed by atoms with Crippen molar-refractivity contribution in [2.45, 2.75) is 20.3 Å². The van der Waals surface area contributed by atoms with Gasteiger partial charge in [0.05, 0.1) is 0 Å². The molecule has 0 aromatic carbocycles. The van der Waals surface area contributed by atoms with Crippen molar-refractivity contribution in [3.05, 3.63) is 36.1 Å². The van der Waals surface area contributed by atoms with E-state index in [0.717, 1.165) is 6.42 Å². The lowest BCUT2D eigenvalue weighted by atomic mass is 10.3. The molecule has 0 bridgehead atoms. The molecule has 0 aromatic heterocycles. The Bertz CT molecular complexity index is 152. The number of hydrogen-bond acceptors (Lipinski definition) is 1.